The molecule has 0 amide bonds. The summed E-state index contributed by atoms with van der Waals surface area (Å²) in [6, 6.07) is 8.34. The van der Waals surface area contributed by atoms with Crippen LogP contribution in [0.4, 0.5) is 0 Å². The molecule has 0 spiro atoms. The van der Waals surface area contributed by atoms with Crippen molar-refractivity contribution in [3.05, 3.63) is 55.4 Å². The summed E-state index contributed by atoms with van der Waals surface area (Å²) < 4.78 is 2.33. The molecule has 3 heteroatoms. The molecular formula is C17H23N3. The van der Waals surface area contributed by atoms with E-state index < -0.39 is 0 Å². The van der Waals surface area contributed by atoms with E-state index in [0.29, 0.717) is 0 Å². The van der Waals surface area contributed by atoms with E-state index in [0.717, 1.165) is 43.9 Å². The lowest BCUT2D eigenvalue weighted by atomic mass is 10.3. The van der Waals surface area contributed by atoms with Gasteiger partial charge in [0.25, 0.3) is 0 Å². The number of hydrogen-bond donors (Lipinski definition) is 0. The van der Waals surface area contributed by atoms with E-state index in [-0.39, 0.29) is 0 Å². The first-order chi connectivity index (χ1) is 9.80. The molecule has 0 fully saturated rings. The van der Waals surface area contributed by atoms with Gasteiger partial charge in [0, 0.05) is 19.6 Å². The number of imidazole rings is 1. The lowest BCUT2D eigenvalue weighted by Gasteiger charge is -2.19. The minimum Gasteiger partial charge on any atom is -0.327 e. The summed E-state index contributed by atoms with van der Waals surface area (Å²) in [5.41, 5.74) is 2.30. The average Bonchev–Trinajstić information content (AvgIpc) is 2.78. The largest absolute Gasteiger partial charge is 0.327 e. The molecule has 0 unspecified atom stereocenters. The van der Waals surface area contributed by atoms with Gasteiger partial charge in [0.05, 0.1) is 17.6 Å². The van der Waals surface area contributed by atoms with Crippen LogP contribution in [-0.4, -0.2) is 27.5 Å². The predicted octanol–water partition coefficient (Wildman–Crippen LogP) is 3.62. The second-order valence-corrected chi connectivity index (χ2v) is 4.94. The van der Waals surface area contributed by atoms with E-state index in [4.69, 9.17) is 4.98 Å². The molecule has 0 bridgehead atoms. The van der Waals surface area contributed by atoms with Crippen LogP contribution < -0.4 is 0 Å². The first kappa shape index (κ1) is 14.5. The van der Waals surface area contributed by atoms with Crippen molar-refractivity contribution in [2.45, 2.75) is 26.4 Å². The van der Waals surface area contributed by atoms with Crippen molar-refractivity contribution < 1.29 is 0 Å². The molecule has 0 N–H and O–H groups in total. The van der Waals surface area contributed by atoms with E-state index >= 15 is 0 Å². The highest BCUT2D eigenvalue weighted by molar-refractivity contribution is 5.75. The molecule has 0 aliphatic heterocycles. The standard InChI is InChI=1S/C17H23N3/c1-4-11-19(12-5-2)14-17-18-15-9-7-8-10-16(15)20(17)13-6-3/h4-5,7-10H,1-2,6,11-14H2,3H3. The third kappa shape index (κ3) is 3.17. The third-order valence-electron chi connectivity index (χ3n) is 3.32. The van der Waals surface area contributed by atoms with Crippen molar-refractivity contribution >= 4 is 11.0 Å². The molecule has 0 aliphatic rings. The van der Waals surface area contributed by atoms with E-state index in [1.165, 1.54) is 5.52 Å². The molecule has 0 atom stereocenters. The Morgan fingerprint density at radius 3 is 2.55 bits per heavy atom. The van der Waals surface area contributed by atoms with E-state index in [1.807, 2.05) is 18.2 Å². The van der Waals surface area contributed by atoms with Gasteiger partial charge in [-0.25, -0.2) is 4.98 Å². The monoisotopic (exact) mass is 269 g/mol. The first-order valence-corrected chi connectivity index (χ1v) is 7.18. The summed E-state index contributed by atoms with van der Waals surface area (Å²) in [6.45, 7) is 13.4. The fourth-order valence-electron chi connectivity index (χ4n) is 2.49. The smallest absolute Gasteiger partial charge is 0.124 e. The van der Waals surface area contributed by atoms with Crippen LogP contribution in [0.5, 0.6) is 0 Å². The number of hydrogen-bond acceptors (Lipinski definition) is 2. The molecule has 106 valence electrons. The van der Waals surface area contributed by atoms with Crippen LogP contribution in [0.15, 0.2) is 49.6 Å². The molecule has 1 aromatic heterocycles. The Balaban J connectivity index is 2.33. The highest BCUT2D eigenvalue weighted by atomic mass is 15.2. The molecule has 20 heavy (non-hydrogen) atoms. The molecule has 3 nitrogen and oxygen atoms in total. The van der Waals surface area contributed by atoms with Crippen LogP contribution >= 0.6 is 0 Å². The molecule has 2 aromatic rings. The van der Waals surface area contributed by atoms with Gasteiger partial charge in [-0.2, -0.15) is 0 Å². The first-order valence-electron chi connectivity index (χ1n) is 7.18. The molecule has 0 radical (unpaired) electrons. The maximum absolute atomic E-state index is 4.79. The van der Waals surface area contributed by atoms with Crippen molar-refractivity contribution in [1.82, 2.24) is 14.5 Å². The van der Waals surface area contributed by atoms with Gasteiger partial charge in [0.1, 0.15) is 5.82 Å². The summed E-state index contributed by atoms with van der Waals surface area (Å²) in [5, 5.41) is 0. The minimum atomic E-state index is 0.826. The van der Waals surface area contributed by atoms with Gasteiger partial charge in [-0.15, -0.1) is 13.2 Å². The van der Waals surface area contributed by atoms with Crippen LogP contribution in [-0.2, 0) is 13.1 Å². The zero-order chi connectivity index (χ0) is 14.4. The Morgan fingerprint density at radius 1 is 1.20 bits per heavy atom. The Kier molecular flexibility index (Phi) is 5.13. The topological polar surface area (TPSA) is 21.1 Å². The maximum Gasteiger partial charge on any atom is 0.124 e. The number of aryl methyl sites for hydroxylation is 1. The fourth-order valence-corrected chi connectivity index (χ4v) is 2.49. The number of para-hydroxylation sites is 2. The zero-order valence-corrected chi connectivity index (χ0v) is 12.3. The van der Waals surface area contributed by atoms with Crippen molar-refractivity contribution in [1.29, 1.82) is 0 Å². The van der Waals surface area contributed by atoms with Gasteiger partial charge in [0.2, 0.25) is 0 Å². The van der Waals surface area contributed by atoms with E-state index in [9.17, 15) is 0 Å². The minimum absolute atomic E-state index is 0.826. The van der Waals surface area contributed by atoms with Gasteiger partial charge >= 0.3 is 0 Å². The Morgan fingerprint density at radius 2 is 1.90 bits per heavy atom. The number of benzene rings is 1. The number of fused-ring (bicyclic) bond motifs is 1. The van der Waals surface area contributed by atoms with Crippen LogP contribution in [0.25, 0.3) is 11.0 Å². The average molecular weight is 269 g/mol. The highest BCUT2D eigenvalue weighted by Crippen LogP contribution is 2.17. The molecule has 2 rings (SSSR count). The summed E-state index contributed by atoms with van der Waals surface area (Å²) >= 11 is 0. The van der Waals surface area contributed by atoms with Gasteiger partial charge in [-0.05, 0) is 18.6 Å². The van der Waals surface area contributed by atoms with Gasteiger partial charge in [-0.1, -0.05) is 31.2 Å². The Labute approximate surface area is 121 Å². The highest BCUT2D eigenvalue weighted by Gasteiger charge is 2.12. The Hall–Kier alpha value is -1.87. The second kappa shape index (κ2) is 7.06. The molecule has 0 saturated heterocycles. The van der Waals surface area contributed by atoms with Crippen molar-refractivity contribution in [3.63, 3.8) is 0 Å². The van der Waals surface area contributed by atoms with Crippen LogP contribution in [0.1, 0.15) is 19.2 Å². The lowest BCUT2D eigenvalue weighted by Crippen LogP contribution is -2.25. The van der Waals surface area contributed by atoms with Crippen LogP contribution in [0.3, 0.4) is 0 Å². The SMILES string of the molecule is C=CCN(CC=C)Cc1nc2ccccc2n1CCC. The second-order valence-electron chi connectivity index (χ2n) is 4.94. The van der Waals surface area contributed by atoms with Crippen LogP contribution in [0.2, 0.25) is 0 Å². The number of nitrogens with zero attached hydrogens (tertiary/aromatic N) is 3. The molecule has 0 saturated carbocycles. The quantitative estimate of drug-likeness (QED) is 0.682. The number of aromatic nitrogens is 2. The lowest BCUT2D eigenvalue weighted by molar-refractivity contribution is 0.313. The zero-order valence-electron chi connectivity index (χ0n) is 12.3. The summed E-state index contributed by atoms with van der Waals surface area (Å²) in [6.07, 6.45) is 4.96. The third-order valence-corrected chi connectivity index (χ3v) is 3.32. The maximum atomic E-state index is 4.79. The molecule has 1 aromatic carbocycles. The number of rotatable bonds is 8. The summed E-state index contributed by atoms with van der Waals surface area (Å²) in [4.78, 5) is 7.07. The van der Waals surface area contributed by atoms with E-state index in [1.54, 1.807) is 0 Å². The molecular weight excluding hydrogens is 246 g/mol. The molecule has 1 heterocycles. The molecule has 0 aliphatic carbocycles. The normalized spacial score (nSPS) is 11.1. The van der Waals surface area contributed by atoms with Crippen molar-refractivity contribution in [2.24, 2.45) is 0 Å². The van der Waals surface area contributed by atoms with Gasteiger partial charge in [0.15, 0.2) is 0 Å². The van der Waals surface area contributed by atoms with Gasteiger partial charge < -0.3 is 4.57 Å². The van der Waals surface area contributed by atoms with E-state index in [2.05, 4.69) is 47.7 Å². The van der Waals surface area contributed by atoms with Gasteiger partial charge in [-0.3, -0.25) is 4.90 Å². The summed E-state index contributed by atoms with van der Waals surface area (Å²) in [5.74, 6) is 1.12. The Bertz CT molecular complexity index is 573. The summed E-state index contributed by atoms with van der Waals surface area (Å²) in [7, 11) is 0. The van der Waals surface area contributed by atoms with Crippen molar-refractivity contribution in [3.8, 4) is 0 Å². The predicted molar refractivity (Wildman–Crippen MR) is 85.7 cm³/mol. The fraction of sp³-hybridized carbons (Fsp3) is 0.353. The van der Waals surface area contributed by atoms with Crippen molar-refractivity contribution in [2.75, 3.05) is 13.1 Å². The van der Waals surface area contributed by atoms with Crippen LogP contribution in [0, 0.1) is 0 Å².